The third-order valence-electron chi connectivity index (χ3n) is 4.68. The molecule has 0 spiro atoms. The Morgan fingerprint density at radius 1 is 1.19 bits per heavy atom. The average Bonchev–Trinajstić information content (AvgIpc) is 3.28. The van der Waals surface area contributed by atoms with Crippen LogP contribution in [0.5, 0.6) is 0 Å². The summed E-state index contributed by atoms with van der Waals surface area (Å²) in [5.74, 6) is -0.104. The number of aromatic nitrogens is 4. The second-order valence-electron chi connectivity index (χ2n) is 6.43. The molecule has 4 heterocycles. The van der Waals surface area contributed by atoms with E-state index in [0.29, 0.717) is 16.6 Å². The summed E-state index contributed by atoms with van der Waals surface area (Å²) >= 11 is 1.69. The van der Waals surface area contributed by atoms with Crippen LogP contribution in [0.25, 0.3) is 11.0 Å². The summed E-state index contributed by atoms with van der Waals surface area (Å²) in [6, 6.07) is 9.36. The van der Waals surface area contributed by atoms with Crippen molar-refractivity contribution in [2.24, 2.45) is 0 Å². The van der Waals surface area contributed by atoms with E-state index in [1.54, 1.807) is 29.7 Å². The van der Waals surface area contributed by atoms with E-state index in [1.165, 1.54) is 15.8 Å². The van der Waals surface area contributed by atoms with Gasteiger partial charge in [0.05, 0.1) is 18.5 Å². The summed E-state index contributed by atoms with van der Waals surface area (Å²) < 4.78 is 3.47. The molecule has 136 valence electrons. The van der Waals surface area contributed by atoms with Crippen molar-refractivity contribution in [1.82, 2.24) is 19.1 Å². The van der Waals surface area contributed by atoms with Gasteiger partial charge in [0.2, 0.25) is 0 Å². The number of hydrogen-bond donors (Lipinski definition) is 0. The SMILES string of the molecule is Cc1cc(C(=O)Cn2cnc3ncccc3c2=O)c(C)n1Cc1cccs1. The maximum absolute atomic E-state index is 12.9. The molecule has 0 saturated heterocycles. The van der Waals surface area contributed by atoms with Crippen molar-refractivity contribution in [2.45, 2.75) is 26.9 Å². The molecule has 0 aliphatic heterocycles. The molecule has 6 nitrogen and oxygen atoms in total. The lowest BCUT2D eigenvalue weighted by Gasteiger charge is -2.09. The molecule has 0 N–H and O–H groups in total. The van der Waals surface area contributed by atoms with Crippen molar-refractivity contribution in [3.63, 3.8) is 0 Å². The molecular weight excluding hydrogens is 360 g/mol. The number of pyridine rings is 1. The monoisotopic (exact) mass is 378 g/mol. The van der Waals surface area contributed by atoms with Crippen LogP contribution < -0.4 is 5.56 Å². The van der Waals surface area contributed by atoms with E-state index in [4.69, 9.17) is 0 Å². The molecule has 27 heavy (non-hydrogen) atoms. The van der Waals surface area contributed by atoms with Gasteiger partial charge in [0, 0.05) is 28.0 Å². The van der Waals surface area contributed by atoms with Crippen molar-refractivity contribution in [3.8, 4) is 0 Å². The van der Waals surface area contributed by atoms with Crippen LogP contribution in [0.2, 0.25) is 0 Å². The maximum Gasteiger partial charge on any atom is 0.263 e. The molecular formula is C20H18N4O2S. The Morgan fingerprint density at radius 2 is 2.04 bits per heavy atom. The van der Waals surface area contributed by atoms with E-state index < -0.39 is 0 Å². The van der Waals surface area contributed by atoms with Crippen LogP contribution in [0.3, 0.4) is 0 Å². The Bertz CT molecular complexity index is 1190. The van der Waals surface area contributed by atoms with Crippen LogP contribution in [0, 0.1) is 13.8 Å². The van der Waals surface area contributed by atoms with Gasteiger partial charge in [-0.05, 0) is 43.5 Å². The van der Waals surface area contributed by atoms with Gasteiger partial charge in [0.1, 0.15) is 6.33 Å². The summed E-state index contributed by atoms with van der Waals surface area (Å²) in [4.78, 5) is 35.0. The zero-order valence-corrected chi connectivity index (χ0v) is 15.9. The predicted octanol–water partition coefficient (Wildman–Crippen LogP) is 3.20. The van der Waals surface area contributed by atoms with E-state index in [-0.39, 0.29) is 17.9 Å². The van der Waals surface area contributed by atoms with E-state index >= 15 is 0 Å². The number of ketones is 1. The van der Waals surface area contributed by atoms with E-state index in [2.05, 4.69) is 20.6 Å². The number of aryl methyl sites for hydroxylation is 1. The summed E-state index contributed by atoms with van der Waals surface area (Å²) in [7, 11) is 0. The summed E-state index contributed by atoms with van der Waals surface area (Å²) in [6.45, 7) is 4.64. The zero-order chi connectivity index (χ0) is 19.0. The zero-order valence-electron chi connectivity index (χ0n) is 15.0. The first-order chi connectivity index (χ1) is 13.0. The summed E-state index contributed by atoms with van der Waals surface area (Å²) in [6.07, 6.45) is 2.98. The molecule has 0 bridgehead atoms. The first kappa shape index (κ1) is 17.4. The molecule has 0 aliphatic rings. The fourth-order valence-corrected chi connectivity index (χ4v) is 3.93. The lowest BCUT2D eigenvalue weighted by Crippen LogP contribution is -2.25. The molecule has 4 aromatic rings. The first-order valence-corrected chi connectivity index (χ1v) is 9.45. The van der Waals surface area contributed by atoms with Crippen molar-refractivity contribution >= 4 is 28.2 Å². The predicted molar refractivity (Wildman–Crippen MR) is 105 cm³/mol. The third-order valence-corrected chi connectivity index (χ3v) is 5.54. The van der Waals surface area contributed by atoms with Crippen molar-refractivity contribution in [3.05, 3.63) is 80.4 Å². The van der Waals surface area contributed by atoms with E-state index in [9.17, 15) is 9.59 Å². The Balaban J connectivity index is 1.64. The molecule has 0 aromatic carbocycles. The van der Waals surface area contributed by atoms with Crippen LogP contribution >= 0.6 is 11.3 Å². The van der Waals surface area contributed by atoms with Crippen molar-refractivity contribution in [2.75, 3.05) is 0 Å². The van der Waals surface area contributed by atoms with Gasteiger partial charge < -0.3 is 4.57 Å². The highest BCUT2D eigenvalue weighted by molar-refractivity contribution is 7.09. The van der Waals surface area contributed by atoms with Gasteiger partial charge in [0.25, 0.3) is 5.56 Å². The second kappa shape index (κ2) is 6.92. The number of fused-ring (bicyclic) bond motifs is 1. The van der Waals surface area contributed by atoms with Crippen LogP contribution in [0.4, 0.5) is 0 Å². The number of hydrogen-bond acceptors (Lipinski definition) is 5. The van der Waals surface area contributed by atoms with Gasteiger partial charge >= 0.3 is 0 Å². The fourth-order valence-electron chi connectivity index (χ4n) is 3.24. The third kappa shape index (κ3) is 3.21. The molecule has 0 radical (unpaired) electrons. The standard InChI is InChI=1S/C20H18N4O2S/c1-13-9-17(14(2)24(13)10-15-5-4-8-27-15)18(25)11-23-12-22-19-16(20(23)26)6-3-7-21-19/h3-9,12H,10-11H2,1-2H3. The molecule has 0 saturated carbocycles. The minimum absolute atomic E-state index is 0.0417. The molecule has 4 rings (SSSR count). The van der Waals surface area contributed by atoms with E-state index in [1.807, 2.05) is 31.4 Å². The van der Waals surface area contributed by atoms with Gasteiger partial charge in [-0.3, -0.25) is 14.2 Å². The largest absolute Gasteiger partial charge is 0.343 e. The number of thiophene rings is 1. The van der Waals surface area contributed by atoms with Crippen LogP contribution in [-0.4, -0.2) is 24.9 Å². The highest BCUT2D eigenvalue weighted by Crippen LogP contribution is 2.20. The molecule has 0 atom stereocenters. The van der Waals surface area contributed by atoms with Crippen LogP contribution in [0.1, 0.15) is 26.6 Å². The highest BCUT2D eigenvalue weighted by Gasteiger charge is 2.17. The highest BCUT2D eigenvalue weighted by atomic mass is 32.1. The van der Waals surface area contributed by atoms with Gasteiger partial charge in [-0.1, -0.05) is 6.07 Å². The molecule has 7 heteroatoms. The lowest BCUT2D eigenvalue weighted by atomic mass is 10.1. The smallest absolute Gasteiger partial charge is 0.263 e. The molecule has 4 aromatic heterocycles. The van der Waals surface area contributed by atoms with Gasteiger partial charge in [-0.25, -0.2) is 9.97 Å². The number of rotatable bonds is 5. The van der Waals surface area contributed by atoms with E-state index in [0.717, 1.165) is 17.9 Å². The molecule has 0 amide bonds. The Labute approximate surface area is 159 Å². The Morgan fingerprint density at radius 3 is 2.81 bits per heavy atom. The Hall–Kier alpha value is -3.06. The Kier molecular flexibility index (Phi) is 4.45. The van der Waals surface area contributed by atoms with Crippen LogP contribution in [0.15, 0.2) is 53.0 Å². The maximum atomic E-state index is 12.9. The number of carbonyl (C=O) groups excluding carboxylic acids is 1. The fraction of sp³-hybridized carbons (Fsp3) is 0.200. The van der Waals surface area contributed by atoms with Gasteiger partial charge in [0.15, 0.2) is 11.4 Å². The quantitative estimate of drug-likeness (QED) is 0.500. The minimum Gasteiger partial charge on any atom is -0.343 e. The van der Waals surface area contributed by atoms with Gasteiger partial charge in [-0.2, -0.15) is 0 Å². The average molecular weight is 378 g/mol. The number of Topliss-reactive ketones (excluding diaryl/α,β-unsaturated/α-hetero) is 1. The van der Waals surface area contributed by atoms with Gasteiger partial charge in [-0.15, -0.1) is 11.3 Å². The minimum atomic E-state index is -0.256. The normalized spacial score (nSPS) is 11.2. The first-order valence-electron chi connectivity index (χ1n) is 8.57. The topological polar surface area (TPSA) is 69.8 Å². The van der Waals surface area contributed by atoms with Crippen LogP contribution in [-0.2, 0) is 13.1 Å². The molecule has 0 aliphatic carbocycles. The number of carbonyl (C=O) groups is 1. The second-order valence-corrected chi connectivity index (χ2v) is 7.46. The van der Waals surface area contributed by atoms with Crippen molar-refractivity contribution < 1.29 is 4.79 Å². The lowest BCUT2D eigenvalue weighted by molar-refractivity contribution is 0.0970. The molecule has 0 fully saturated rings. The molecule has 0 unspecified atom stereocenters. The van der Waals surface area contributed by atoms with Crippen molar-refractivity contribution in [1.29, 1.82) is 0 Å². The number of nitrogens with zero attached hydrogens (tertiary/aromatic N) is 4. The summed E-state index contributed by atoms with van der Waals surface area (Å²) in [5, 5.41) is 2.46. The summed E-state index contributed by atoms with van der Waals surface area (Å²) in [5.41, 5.74) is 2.71.